The molecule has 0 aliphatic carbocycles. The summed E-state index contributed by atoms with van der Waals surface area (Å²) in [4.78, 5) is 11.4. The molecule has 0 atom stereocenters. The first-order valence-corrected chi connectivity index (χ1v) is 5.97. The number of hydrogen-bond donors (Lipinski definition) is 3. The average molecular weight is 268 g/mol. The number of nitrogens with zero attached hydrogens (tertiary/aromatic N) is 4. The molecule has 0 saturated heterocycles. The summed E-state index contributed by atoms with van der Waals surface area (Å²) in [6.07, 6.45) is 3.04. The van der Waals surface area contributed by atoms with E-state index in [1.165, 1.54) is 6.33 Å². The van der Waals surface area contributed by atoms with Gasteiger partial charge < -0.3 is 15.8 Å². The Labute approximate surface area is 114 Å². The SMILES string of the molecule is Nc1ncc(-c2cccc(CO)c2)nc1-c1nnc[nH]1. The Hall–Kier alpha value is -2.80. The molecule has 2 aromatic heterocycles. The van der Waals surface area contributed by atoms with Crippen molar-refractivity contribution in [2.24, 2.45) is 0 Å². The highest BCUT2D eigenvalue weighted by Crippen LogP contribution is 2.23. The quantitative estimate of drug-likeness (QED) is 0.653. The smallest absolute Gasteiger partial charge is 0.183 e. The van der Waals surface area contributed by atoms with Gasteiger partial charge in [0.2, 0.25) is 0 Å². The minimum Gasteiger partial charge on any atom is -0.392 e. The monoisotopic (exact) mass is 268 g/mol. The second-order valence-electron chi connectivity index (χ2n) is 4.19. The minimum absolute atomic E-state index is 0.0226. The van der Waals surface area contributed by atoms with Crippen molar-refractivity contribution >= 4 is 5.82 Å². The predicted molar refractivity (Wildman–Crippen MR) is 73.2 cm³/mol. The van der Waals surface area contributed by atoms with Crippen molar-refractivity contribution in [1.29, 1.82) is 0 Å². The number of aromatic amines is 1. The summed E-state index contributed by atoms with van der Waals surface area (Å²) in [5.41, 5.74) is 8.58. The van der Waals surface area contributed by atoms with Crippen molar-refractivity contribution in [2.45, 2.75) is 6.61 Å². The number of aromatic nitrogens is 5. The molecule has 0 bridgehead atoms. The van der Waals surface area contributed by atoms with Crippen LogP contribution in [0.4, 0.5) is 5.82 Å². The van der Waals surface area contributed by atoms with Gasteiger partial charge in [-0.05, 0) is 11.6 Å². The summed E-state index contributed by atoms with van der Waals surface area (Å²) in [7, 11) is 0. The average Bonchev–Trinajstić information content (AvgIpc) is 3.02. The van der Waals surface area contributed by atoms with Crippen LogP contribution < -0.4 is 5.73 Å². The summed E-state index contributed by atoms with van der Waals surface area (Å²) in [5, 5.41) is 16.8. The van der Waals surface area contributed by atoms with E-state index in [0.29, 0.717) is 17.2 Å². The van der Waals surface area contributed by atoms with Crippen molar-refractivity contribution < 1.29 is 5.11 Å². The molecule has 0 aliphatic rings. The fourth-order valence-corrected chi connectivity index (χ4v) is 1.86. The lowest BCUT2D eigenvalue weighted by Gasteiger charge is -2.06. The van der Waals surface area contributed by atoms with Crippen LogP contribution in [0.3, 0.4) is 0 Å². The van der Waals surface area contributed by atoms with E-state index in [-0.39, 0.29) is 12.4 Å². The van der Waals surface area contributed by atoms with E-state index in [1.807, 2.05) is 24.3 Å². The fraction of sp³-hybridized carbons (Fsp3) is 0.0769. The minimum atomic E-state index is -0.0226. The van der Waals surface area contributed by atoms with E-state index in [1.54, 1.807) is 6.20 Å². The molecule has 7 nitrogen and oxygen atoms in total. The van der Waals surface area contributed by atoms with Crippen LogP contribution in [-0.2, 0) is 6.61 Å². The summed E-state index contributed by atoms with van der Waals surface area (Å²) in [5.74, 6) is 0.749. The Morgan fingerprint density at radius 1 is 1.30 bits per heavy atom. The number of hydrogen-bond acceptors (Lipinski definition) is 6. The van der Waals surface area contributed by atoms with Crippen LogP contribution in [0, 0.1) is 0 Å². The first kappa shape index (κ1) is 12.2. The maximum atomic E-state index is 9.18. The molecular formula is C13H12N6O. The summed E-state index contributed by atoms with van der Waals surface area (Å²) >= 11 is 0. The summed E-state index contributed by atoms with van der Waals surface area (Å²) < 4.78 is 0. The van der Waals surface area contributed by atoms with Gasteiger partial charge in [-0.25, -0.2) is 9.97 Å². The molecule has 1 aromatic carbocycles. The molecule has 20 heavy (non-hydrogen) atoms. The standard InChI is InChI=1S/C13H12N6O/c14-12-11(13-16-7-17-19-13)18-10(5-15-12)9-3-1-2-8(4-9)6-20/h1-5,7,20H,6H2,(H2,14,15)(H,16,17,19). The normalized spacial score (nSPS) is 10.7. The lowest BCUT2D eigenvalue weighted by molar-refractivity contribution is 0.282. The van der Waals surface area contributed by atoms with Crippen molar-refractivity contribution in [2.75, 3.05) is 5.73 Å². The Morgan fingerprint density at radius 2 is 2.20 bits per heavy atom. The third-order valence-electron chi connectivity index (χ3n) is 2.85. The molecule has 0 spiro atoms. The highest BCUT2D eigenvalue weighted by Gasteiger charge is 2.11. The Morgan fingerprint density at radius 3 is 2.95 bits per heavy atom. The number of H-pyrrole nitrogens is 1. The fourth-order valence-electron chi connectivity index (χ4n) is 1.86. The molecule has 0 fully saturated rings. The van der Waals surface area contributed by atoms with E-state index in [9.17, 15) is 5.11 Å². The molecule has 7 heteroatoms. The number of nitrogen functional groups attached to an aromatic ring is 1. The maximum absolute atomic E-state index is 9.18. The molecule has 0 unspecified atom stereocenters. The Kier molecular flexibility index (Phi) is 3.10. The van der Waals surface area contributed by atoms with E-state index >= 15 is 0 Å². The molecule has 100 valence electrons. The van der Waals surface area contributed by atoms with Crippen LogP contribution in [0.2, 0.25) is 0 Å². The van der Waals surface area contributed by atoms with Crippen LogP contribution in [0.1, 0.15) is 5.56 Å². The van der Waals surface area contributed by atoms with Crippen molar-refractivity contribution in [1.82, 2.24) is 25.1 Å². The van der Waals surface area contributed by atoms with Crippen LogP contribution >= 0.6 is 0 Å². The Bertz CT molecular complexity index is 725. The molecule has 0 amide bonds. The first-order chi connectivity index (χ1) is 9.78. The third-order valence-corrected chi connectivity index (χ3v) is 2.85. The van der Waals surface area contributed by atoms with Gasteiger partial charge in [0.1, 0.15) is 6.33 Å². The number of rotatable bonds is 3. The highest BCUT2D eigenvalue weighted by atomic mass is 16.3. The van der Waals surface area contributed by atoms with Crippen LogP contribution in [0.5, 0.6) is 0 Å². The third kappa shape index (κ3) is 2.21. The van der Waals surface area contributed by atoms with Gasteiger partial charge in [-0.2, -0.15) is 0 Å². The van der Waals surface area contributed by atoms with Gasteiger partial charge in [0.05, 0.1) is 18.5 Å². The molecule has 3 aromatic rings. The molecule has 2 heterocycles. The number of anilines is 1. The zero-order valence-corrected chi connectivity index (χ0v) is 10.5. The highest BCUT2D eigenvalue weighted by molar-refractivity contribution is 5.68. The molecule has 0 aliphatic heterocycles. The first-order valence-electron chi connectivity index (χ1n) is 5.97. The zero-order valence-electron chi connectivity index (χ0n) is 10.5. The largest absolute Gasteiger partial charge is 0.392 e. The lowest BCUT2D eigenvalue weighted by Crippen LogP contribution is -2.00. The van der Waals surface area contributed by atoms with Gasteiger partial charge >= 0.3 is 0 Å². The lowest BCUT2D eigenvalue weighted by atomic mass is 10.1. The number of aliphatic hydroxyl groups is 1. The van der Waals surface area contributed by atoms with Gasteiger partial charge in [-0.3, -0.25) is 0 Å². The number of benzene rings is 1. The van der Waals surface area contributed by atoms with Gasteiger partial charge in [0, 0.05) is 5.56 Å². The zero-order chi connectivity index (χ0) is 13.9. The molecule has 3 rings (SSSR count). The molecule has 0 saturated carbocycles. The molecular weight excluding hydrogens is 256 g/mol. The van der Waals surface area contributed by atoms with Gasteiger partial charge in [0.15, 0.2) is 17.3 Å². The van der Waals surface area contributed by atoms with Gasteiger partial charge in [-0.1, -0.05) is 18.2 Å². The molecule has 4 N–H and O–H groups in total. The van der Waals surface area contributed by atoms with Crippen LogP contribution in [0.25, 0.3) is 22.8 Å². The maximum Gasteiger partial charge on any atom is 0.183 e. The van der Waals surface area contributed by atoms with Gasteiger partial charge in [0.25, 0.3) is 0 Å². The van der Waals surface area contributed by atoms with E-state index in [0.717, 1.165) is 11.1 Å². The Balaban J connectivity index is 2.09. The van der Waals surface area contributed by atoms with E-state index in [4.69, 9.17) is 5.73 Å². The predicted octanol–water partition coefficient (Wildman–Crippen LogP) is 1.00. The molecule has 0 radical (unpaired) electrons. The van der Waals surface area contributed by atoms with Gasteiger partial charge in [-0.15, -0.1) is 10.2 Å². The van der Waals surface area contributed by atoms with Crippen LogP contribution in [0.15, 0.2) is 36.8 Å². The van der Waals surface area contributed by atoms with E-state index < -0.39 is 0 Å². The van der Waals surface area contributed by atoms with Crippen molar-refractivity contribution in [3.63, 3.8) is 0 Å². The van der Waals surface area contributed by atoms with Crippen molar-refractivity contribution in [3.8, 4) is 22.8 Å². The topological polar surface area (TPSA) is 114 Å². The number of aliphatic hydroxyl groups excluding tert-OH is 1. The van der Waals surface area contributed by atoms with Crippen molar-refractivity contribution in [3.05, 3.63) is 42.4 Å². The number of nitrogens with one attached hydrogen (secondary N) is 1. The number of nitrogens with two attached hydrogens (primary N) is 1. The summed E-state index contributed by atoms with van der Waals surface area (Å²) in [6, 6.07) is 7.44. The summed E-state index contributed by atoms with van der Waals surface area (Å²) in [6.45, 7) is -0.0226. The second-order valence-corrected chi connectivity index (χ2v) is 4.19. The van der Waals surface area contributed by atoms with Crippen LogP contribution in [-0.4, -0.2) is 30.3 Å². The van der Waals surface area contributed by atoms with E-state index in [2.05, 4.69) is 25.1 Å². The second kappa shape index (κ2) is 5.06.